The van der Waals surface area contributed by atoms with Crippen molar-refractivity contribution in [2.75, 3.05) is 13.2 Å². The van der Waals surface area contributed by atoms with Crippen molar-refractivity contribution in [2.45, 2.75) is 47.5 Å². The molecule has 0 spiro atoms. The van der Waals surface area contributed by atoms with E-state index in [0.29, 0.717) is 31.5 Å². The Morgan fingerprint density at radius 2 is 1.39 bits per heavy atom. The minimum atomic E-state index is -0.254. The molecular weight excluding hydrogens is 232 g/mol. The fraction of sp³-hybridized carbons (Fsp3) is 0.857. The van der Waals surface area contributed by atoms with Crippen LogP contribution < -0.4 is 0 Å². The van der Waals surface area contributed by atoms with E-state index in [1.54, 1.807) is 6.92 Å². The van der Waals surface area contributed by atoms with Crippen LogP contribution in [0.4, 0.5) is 0 Å². The van der Waals surface area contributed by atoms with E-state index in [-0.39, 0.29) is 24.3 Å². The molecule has 0 saturated heterocycles. The lowest BCUT2D eigenvalue weighted by atomic mass is 10.1. The van der Waals surface area contributed by atoms with E-state index in [1.165, 1.54) is 0 Å². The van der Waals surface area contributed by atoms with Gasteiger partial charge in [-0.15, -0.1) is 0 Å². The van der Waals surface area contributed by atoms with E-state index in [4.69, 9.17) is 9.47 Å². The molecule has 18 heavy (non-hydrogen) atoms. The third kappa shape index (κ3) is 9.02. The second-order valence-corrected chi connectivity index (χ2v) is 5.54. The average Bonchev–Trinajstić information content (AvgIpc) is 2.30. The fourth-order valence-corrected chi connectivity index (χ4v) is 1.18. The van der Waals surface area contributed by atoms with Gasteiger partial charge in [-0.05, 0) is 18.3 Å². The van der Waals surface area contributed by atoms with Gasteiger partial charge in [-0.2, -0.15) is 0 Å². The molecule has 0 rings (SSSR count). The Bertz CT molecular complexity index is 259. The Morgan fingerprint density at radius 1 is 0.889 bits per heavy atom. The Morgan fingerprint density at radius 3 is 1.89 bits per heavy atom. The second kappa shape index (κ2) is 8.95. The van der Waals surface area contributed by atoms with Gasteiger partial charge < -0.3 is 9.47 Å². The number of ether oxygens (including phenoxy) is 2. The van der Waals surface area contributed by atoms with Gasteiger partial charge in [-0.1, -0.05) is 34.6 Å². The molecule has 106 valence electrons. The maximum Gasteiger partial charge on any atom is 0.308 e. The van der Waals surface area contributed by atoms with Gasteiger partial charge in [0.2, 0.25) is 0 Å². The van der Waals surface area contributed by atoms with E-state index in [0.717, 1.165) is 0 Å². The summed E-state index contributed by atoms with van der Waals surface area (Å²) in [5.41, 5.74) is 0. The number of hydrogen-bond acceptors (Lipinski definition) is 4. The number of esters is 2. The summed E-state index contributed by atoms with van der Waals surface area (Å²) in [7, 11) is 0. The van der Waals surface area contributed by atoms with Gasteiger partial charge in [0.25, 0.3) is 0 Å². The van der Waals surface area contributed by atoms with Crippen molar-refractivity contribution in [1.29, 1.82) is 0 Å². The Kier molecular flexibility index (Phi) is 8.42. The zero-order chi connectivity index (χ0) is 14.1. The molecule has 0 aromatic carbocycles. The highest BCUT2D eigenvalue weighted by Crippen LogP contribution is 2.10. The van der Waals surface area contributed by atoms with Crippen molar-refractivity contribution in [3.05, 3.63) is 0 Å². The summed E-state index contributed by atoms with van der Waals surface area (Å²) in [6.45, 7) is 10.6. The van der Waals surface area contributed by atoms with Gasteiger partial charge in [-0.25, -0.2) is 0 Å². The number of hydrogen-bond donors (Lipinski definition) is 0. The SMILES string of the molecule is CC(C)COC(=O)CCC(C)C(=O)OCC(C)C. The number of carbonyl (C=O) groups is 2. The van der Waals surface area contributed by atoms with Crippen LogP contribution in [0.2, 0.25) is 0 Å². The molecule has 0 aromatic heterocycles. The van der Waals surface area contributed by atoms with Gasteiger partial charge in [-0.3, -0.25) is 9.59 Å². The molecule has 0 bridgehead atoms. The second-order valence-electron chi connectivity index (χ2n) is 5.54. The van der Waals surface area contributed by atoms with Gasteiger partial charge >= 0.3 is 11.9 Å². The molecule has 1 atom stereocenters. The summed E-state index contributed by atoms with van der Waals surface area (Å²) in [5, 5.41) is 0. The van der Waals surface area contributed by atoms with Crippen LogP contribution in [0.3, 0.4) is 0 Å². The van der Waals surface area contributed by atoms with Crippen LogP contribution in [0.5, 0.6) is 0 Å². The molecule has 0 aliphatic carbocycles. The molecule has 0 heterocycles. The highest BCUT2D eigenvalue weighted by Gasteiger charge is 2.17. The summed E-state index contributed by atoms with van der Waals surface area (Å²) in [6.07, 6.45) is 0.749. The minimum absolute atomic E-state index is 0.236. The summed E-state index contributed by atoms with van der Waals surface area (Å²) >= 11 is 0. The summed E-state index contributed by atoms with van der Waals surface area (Å²) < 4.78 is 10.1. The Hall–Kier alpha value is -1.06. The predicted molar refractivity (Wildman–Crippen MR) is 70.0 cm³/mol. The summed E-state index contributed by atoms with van der Waals surface area (Å²) in [4.78, 5) is 22.9. The lowest BCUT2D eigenvalue weighted by molar-refractivity contribution is -0.150. The van der Waals surface area contributed by atoms with Crippen LogP contribution in [0.15, 0.2) is 0 Å². The molecule has 0 aliphatic rings. The topological polar surface area (TPSA) is 52.6 Å². The molecule has 1 unspecified atom stereocenters. The fourth-order valence-electron chi connectivity index (χ4n) is 1.18. The molecule has 4 heteroatoms. The van der Waals surface area contributed by atoms with Gasteiger partial charge in [0.15, 0.2) is 0 Å². The maximum absolute atomic E-state index is 11.6. The van der Waals surface area contributed by atoms with E-state index in [9.17, 15) is 9.59 Å². The lowest BCUT2D eigenvalue weighted by Gasteiger charge is -2.13. The van der Waals surface area contributed by atoms with Crippen molar-refractivity contribution in [3.63, 3.8) is 0 Å². The standard InChI is InChI=1S/C14H26O4/c1-10(2)8-17-13(15)7-6-12(5)14(16)18-9-11(3)4/h10-12H,6-9H2,1-5H3. The van der Waals surface area contributed by atoms with Gasteiger partial charge in [0.1, 0.15) is 0 Å². The van der Waals surface area contributed by atoms with Crippen LogP contribution in [-0.4, -0.2) is 25.2 Å². The molecule has 0 saturated carbocycles. The zero-order valence-electron chi connectivity index (χ0n) is 12.2. The Labute approximate surface area is 110 Å². The molecule has 0 radical (unpaired) electrons. The number of rotatable bonds is 8. The molecule has 0 aromatic rings. The van der Waals surface area contributed by atoms with Crippen molar-refractivity contribution < 1.29 is 19.1 Å². The minimum Gasteiger partial charge on any atom is -0.465 e. The number of carbonyl (C=O) groups excluding carboxylic acids is 2. The normalized spacial score (nSPS) is 12.6. The van der Waals surface area contributed by atoms with Gasteiger partial charge in [0.05, 0.1) is 19.1 Å². The zero-order valence-corrected chi connectivity index (χ0v) is 12.2. The molecule has 4 nitrogen and oxygen atoms in total. The summed E-state index contributed by atoms with van der Waals surface area (Å²) in [6, 6.07) is 0. The van der Waals surface area contributed by atoms with Crippen molar-refractivity contribution in [3.8, 4) is 0 Å². The van der Waals surface area contributed by atoms with E-state index >= 15 is 0 Å². The molecule has 0 fully saturated rings. The predicted octanol–water partition coefficient (Wildman–Crippen LogP) is 2.80. The third-order valence-electron chi connectivity index (χ3n) is 2.32. The summed E-state index contributed by atoms with van der Waals surface area (Å²) in [5.74, 6) is -0.0672. The largest absolute Gasteiger partial charge is 0.465 e. The quantitative estimate of drug-likeness (QED) is 0.628. The van der Waals surface area contributed by atoms with Crippen molar-refractivity contribution in [2.24, 2.45) is 17.8 Å². The highest BCUT2D eigenvalue weighted by molar-refractivity contribution is 5.74. The van der Waals surface area contributed by atoms with Gasteiger partial charge in [0, 0.05) is 6.42 Å². The van der Waals surface area contributed by atoms with Crippen molar-refractivity contribution >= 4 is 11.9 Å². The van der Waals surface area contributed by atoms with E-state index in [2.05, 4.69) is 0 Å². The van der Waals surface area contributed by atoms with Crippen LogP contribution >= 0.6 is 0 Å². The van der Waals surface area contributed by atoms with Crippen molar-refractivity contribution in [1.82, 2.24) is 0 Å². The third-order valence-corrected chi connectivity index (χ3v) is 2.32. The average molecular weight is 258 g/mol. The first kappa shape index (κ1) is 16.9. The van der Waals surface area contributed by atoms with E-state index < -0.39 is 0 Å². The molecule has 0 aliphatic heterocycles. The first-order chi connectivity index (χ1) is 8.32. The van der Waals surface area contributed by atoms with Crippen LogP contribution in [0, 0.1) is 17.8 Å². The molecular formula is C14H26O4. The van der Waals surface area contributed by atoms with Crippen LogP contribution in [0.25, 0.3) is 0 Å². The smallest absolute Gasteiger partial charge is 0.308 e. The maximum atomic E-state index is 11.6. The van der Waals surface area contributed by atoms with Crippen LogP contribution in [-0.2, 0) is 19.1 Å². The Balaban J connectivity index is 3.77. The highest BCUT2D eigenvalue weighted by atomic mass is 16.5. The molecule has 0 N–H and O–H groups in total. The lowest BCUT2D eigenvalue weighted by Crippen LogP contribution is -2.19. The molecule has 0 amide bonds. The first-order valence-corrected chi connectivity index (χ1v) is 6.65. The van der Waals surface area contributed by atoms with E-state index in [1.807, 2.05) is 27.7 Å². The van der Waals surface area contributed by atoms with Crippen LogP contribution in [0.1, 0.15) is 47.5 Å². The first-order valence-electron chi connectivity index (χ1n) is 6.65. The monoisotopic (exact) mass is 258 g/mol.